The monoisotopic (exact) mass is 179 g/mol. The van der Waals surface area contributed by atoms with Crippen molar-refractivity contribution in [2.75, 3.05) is 6.54 Å². The zero-order valence-electron chi connectivity index (χ0n) is 4.64. The number of amides is 1. The van der Waals surface area contributed by atoms with E-state index < -0.39 is 0 Å². The summed E-state index contributed by atoms with van der Waals surface area (Å²) in [7, 11) is 0. The van der Waals surface area contributed by atoms with Gasteiger partial charge < -0.3 is 5.32 Å². The second-order valence-corrected chi connectivity index (χ2v) is 1.81. The van der Waals surface area contributed by atoms with Crippen LogP contribution in [-0.4, -0.2) is 12.5 Å². The van der Waals surface area contributed by atoms with E-state index in [2.05, 4.69) is 5.32 Å². The van der Waals surface area contributed by atoms with Gasteiger partial charge in [-0.25, -0.2) is 0 Å². The summed E-state index contributed by atoms with van der Waals surface area (Å²) in [6, 6.07) is 0. The van der Waals surface area contributed by atoms with Crippen LogP contribution in [-0.2, 0) is 4.79 Å². The quantitative estimate of drug-likeness (QED) is 0.588. The van der Waals surface area contributed by atoms with E-state index in [4.69, 9.17) is 0 Å². The van der Waals surface area contributed by atoms with E-state index in [9.17, 15) is 4.79 Å². The van der Waals surface area contributed by atoms with Crippen molar-refractivity contribution in [3.8, 4) is 0 Å². The minimum Gasteiger partial charge on any atom is -0.356 e. The summed E-state index contributed by atoms with van der Waals surface area (Å²) < 4.78 is 0. The molecule has 8 heavy (non-hydrogen) atoms. The molecular weight excluding hydrogens is 170 g/mol. The minimum atomic E-state index is 0. The second-order valence-electron chi connectivity index (χ2n) is 1.81. The smallest absolute Gasteiger partial charge is 0.219 e. The molecule has 1 aliphatic rings. The molecule has 0 aromatic rings. The van der Waals surface area contributed by atoms with Gasteiger partial charge in [0.15, 0.2) is 0 Å². The Kier molecular flexibility index (Phi) is 3.87. The van der Waals surface area contributed by atoms with Crippen molar-refractivity contribution in [1.82, 2.24) is 5.32 Å². The fraction of sp³-hybridized carbons (Fsp3) is 0.800. The molecule has 0 unspecified atom stereocenters. The maximum atomic E-state index is 10.4. The first kappa shape index (κ1) is 7.95. The van der Waals surface area contributed by atoms with Crippen molar-refractivity contribution in [2.45, 2.75) is 19.3 Å². The molecule has 0 atom stereocenters. The molecule has 0 aromatic heterocycles. The maximum absolute atomic E-state index is 10.4. The summed E-state index contributed by atoms with van der Waals surface area (Å²) in [5.41, 5.74) is 0. The Morgan fingerprint density at radius 2 is 2.12 bits per heavy atom. The summed E-state index contributed by atoms with van der Waals surface area (Å²) in [6.07, 6.45) is 2.97. The average molecular weight is 180 g/mol. The molecule has 0 bridgehead atoms. The number of nitrogens with one attached hydrogen (secondary N) is 1. The van der Waals surface area contributed by atoms with Crippen molar-refractivity contribution in [2.24, 2.45) is 0 Å². The van der Waals surface area contributed by atoms with Crippen molar-refractivity contribution >= 4 is 22.9 Å². The Morgan fingerprint density at radius 3 is 2.38 bits per heavy atom. The molecule has 48 valence electrons. The highest BCUT2D eigenvalue weighted by Crippen LogP contribution is 1.98. The lowest BCUT2D eigenvalue weighted by molar-refractivity contribution is -0.122. The predicted molar refractivity (Wildman–Crippen MR) is 37.2 cm³/mol. The average Bonchev–Trinajstić information content (AvgIpc) is 1.69. The summed E-state index contributed by atoms with van der Waals surface area (Å²) >= 11 is 0. The lowest BCUT2D eigenvalue weighted by Gasteiger charge is -2.08. The summed E-state index contributed by atoms with van der Waals surface area (Å²) in [4.78, 5) is 10.4. The van der Waals surface area contributed by atoms with E-state index >= 15 is 0 Å². The first-order valence-corrected chi connectivity index (χ1v) is 2.66. The van der Waals surface area contributed by atoms with Crippen LogP contribution in [0, 0.1) is 0 Å². The van der Waals surface area contributed by atoms with Gasteiger partial charge in [-0.15, -0.1) is 17.0 Å². The van der Waals surface area contributed by atoms with E-state index in [1.165, 1.54) is 0 Å². The molecule has 1 amide bonds. The Labute approximate surface area is 59.4 Å². The van der Waals surface area contributed by atoms with Crippen LogP contribution in [0.5, 0.6) is 0 Å². The lowest BCUT2D eigenvalue weighted by Crippen LogP contribution is -2.28. The van der Waals surface area contributed by atoms with Crippen molar-refractivity contribution < 1.29 is 4.79 Å². The van der Waals surface area contributed by atoms with Gasteiger partial charge in [-0.3, -0.25) is 4.79 Å². The summed E-state index contributed by atoms with van der Waals surface area (Å²) in [5, 5.41) is 2.74. The fourth-order valence-electron chi connectivity index (χ4n) is 0.727. The van der Waals surface area contributed by atoms with Crippen LogP contribution in [0.4, 0.5) is 0 Å². The van der Waals surface area contributed by atoms with Gasteiger partial charge in [0.05, 0.1) is 0 Å². The lowest BCUT2D eigenvalue weighted by atomic mass is 10.2. The second kappa shape index (κ2) is 3.89. The van der Waals surface area contributed by atoms with E-state index in [0.717, 1.165) is 25.8 Å². The Morgan fingerprint density at radius 1 is 1.38 bits per heavy atom. The molecule has 0 aliphatic carbocycles. The number of piperidine rings is 1. The maximum Gasteiger partial charge on any atom is 0.219 e. The molecule has 1 rings (SSSR count). The molecule has 1 aliphatic heterocycles. The highest BCUT2D eigenvalue weighted by Gasteiger charge is 2.04. The third-order valence-corrected chi connectivity index (χ3v) is 1.15. The van der Waals surface area contributed by atoms with Crippen LogP contribution >= 0.6 is 17.0 Å². The van der Waals surface area contributed by atoms with E-state index in [0.29, 0.717) is 0 Å². The van der Waals surface area contributed by atoms with Gasteiger partial charge in [0.2, 0.25) is 5.91 Å². The molecule has 1 saturated heterocycles. The molecule has 1 fully saturated rings. The van der Waals surface area contributed by atoms with Crippen molar-refractivity contribution in [1.29, 1.82) is 0 Å². The van der Waals surface area contributed by atoms with Gasteiger partial charge in [-0.1, -0.05) is 0 Å². The first-order chi connectivity index (χ1) is 3.39. The van der Waals surface area contributed by atoms with Gasteiger partial charge in [0, 0.05) is 13.0 Å². The number of halogens is 1. The molecule has 1 N–H and O–H groups in total. The van der Waals surface area contributed by atoms with Crippen LogP contribution in [0.2, 0.25) is 0 Å². The third kappa shape index (κ3) is 2.31. The fourth-order valence-corrected chi connectivity index (χ4v) is 0.727. The topological polar surface area (TPSA) is 29.1 Å². The van der Waals surface area contributed by atoms with Crippen LogP contribution in [0.1, 0.15) is 19.3 Å². The zero-order valence-corrected chi connectivity index (χ0v) is 6.36. The molecule has 1 heterocycles. The highest BCUT2D eigenvalue weighted by molar-refractivity contribution is 8.93. The number of hydrogen-bond acceptors (Lipinski definition) is 1. The van der Waals surface area contributed by atoms with Crippen LogP contribution in [0.15, 0.2) is 0 Å². The van der Waals surface area contributed by atoms with E-state index in [1.807, 2.05) is 0 Å². The van der Waals surface area contributed by atoms with Gasteiger partial charge in [-0.05, 0) is 12.8 Å². The molecular formula is C5H10BrNO. The molecule has 0 radical (unpaired) electrons. The molecule has 2 nitrogen and oxygen atoms in total. The van der Waals surface area contributed by atoms with Gasteiger partial charge >= 0.3 is 0 Å². The van der Waals surface area contributed by atoms with Crippen molar-refractivity contribution in [3.63, 3.8) is 0 Å². The van der Waals surface area contributed by atoms with E-state index in [1.54, 1.807) is 0 Å². The number of hydrogen-bond donors (Lipinski definition) is 1. The zero-order chi connectivity index (χ0) is 5.11. The third-order valence-electron chi connectivity index (χ3n) is 1.15. The van der Waals surface area contributed by atoms with Gasteiger partial charge in [0.1, 0.15) is 0 Å². The molecule has 0 spiro atoms. The molecule has 3 heteroatoms. The molecule has 0 saturated carbocycles. The van der Waals surface area contributed by atoms with Crippen LogP contribution < -0.4 is 5.32 Å². The summed E-state index contributed by atoms with van der Waals surface area (Å²) in [5.74, 6) is 0.214. The summed E-state index contributed by atoms with van der Waals surface area (Å²) in [6.45, 7) is 0.888. The van der Waals surface area contributed by atoms with Gasteiger partial charge in [-0.2, -0.15) is 0 Å². The highest BCUT2D eigenvalue weighted by atomic mass is 79.9. The SMILES string of the molecule is Br.O=C1CCCCN1. The first-order valence-electron chi connectivity index (χ1n) is 2.66. The number of carbonyl (C=O) groups is 1. The number of carbonyl (C=O) groups excluding carboxylic acids is 1. The Hall–Kier alpha value is -0.0500. The normalized spacial score (nSPS) is 18.8. The van der Waals surface area contributed by atoms with Crippen LogP contribution in [0.3, 0.4) is 0 Å². The van der Waals surface area contributed by atoms with Gasteiger partial charge in [0.25, 0.3) is 0 Å². The van der Waals surface area contributed by atoms with Crippen LogP contribution in [0.25, 0.3) is 0 Å². The minimum absolute atomic E-state index is 0. The Bertz CT molecular complexity index is 76.5. The predicted octanol–water partition coefficient (Wildman–Crippen LogP) is 0.864. The van der Waals surface area contributed by atoms with Crippen molar-refractivity contribution in [3.05, 3.63) is 0 Å². The standard InChI is InChI=1S/C5H9NO.BrH/c7-5-3-1-2-4-6-5;/h1-4H2,(H,6,7);1H. The number of rotatable bonds is 0. The largest absolute Gasteiger partial charge is 0.356 e. The molecule has 0 aromatic carbocycles. The van der Waals surface area contributed by atoms with E-state index in [-0.39, 0.29) is 22.9 Å². The Balaban J connectivity index is 0.000000490.